The van der Waals surface area contributed by atoms with Gasteiger partial charge in [0.25, 0.3) is 0 Å². The molecular weight excluding hydrogens is 124 g/mol. The van der Waals surface area contributed by atoms with Crippen molar-refractivity contribution in [1.82, 2.24) is 0 Å². The second-order valence-corrected chi connectivity index (χ2v) is 3.53. The number of allylic oxidation sites excluding steroid dienone is 2. The van der Waals surface area contributed by atoms with E-state index in [9.17, 15) is 4.79 Å². The molecule has 1 saturated carbocycles. The van der Waals surface area contributed by atoms with E-state index in [2.05, 4.69) is 19.1 Å². The van der Waals surface area contributed by atoms with Crippen LogP contribution in [-0.4, -0.2) is 5.78 Å². The molecule has 3 atom stereocenters. The minimum atomic E-state index is 0.286. The van der Waals surface area contributed by atoms with E-state index in [1.165, 1.54) is 0 Å². The Hall–Kier alpha value is -0.590. The molecule has 3 unspecified atom stereocenters. The zero-order valence-electron chi connectivity index (χ0n) is 6.21. The van der Waals surface area contributed by atoms with Gasteiger partial charge in [0.1, 0.15) is 5.78 Å². The molecule has 1 fully saturated rings. The van der Waals surface area contributed by atoms with Crippen LogP contribution >= 0.6 is 0 Å². The molecule has 1 nitrogen and oxygen atoms in total. The van der Waals surface area contributed by atoms with Crippen molar-refractivity contribution in [1.29, 1.82) is 0 Å². The van der Waals surface area contributed by atoms with Crippen LogP contribution in [0, 0.1) is 17.8 Å². The Morgan fingerprint density at radius 3 is 3.00 bits per heavy atom. The topological polar surface area (TPSA) is 17.1 Å². The fourth-order valence-electron chi connectivity index (χ4n) is 2.10. The third-order valence-electron chi connectivity index (χ3n) is 2.68. The fourth-order valence-corrected chi connectivity index (χ4v) is 2.10. The van der Waals surface area contributed by atoms with E-state index < -0.39 is 0 Å². The van der Waals surface area contributed by atoms with E-state index in [4.69, 9.17) is 0 Å². The molecule has 0 aromatic carbocycles. The van der Waals surface area contributed by atoms with Crippen LogP contribution < -0.4 is 0 Å². The summed E-state index contributed by atoms with van der Waals surface area (Å²) in [6.45, 7) is 2.05. The van der Waals surface area contributed by atoms with Gasteiger partial charge in [0.15, 0.2) is 0 Å². The highest BCUT2D eigenvalue weighted by atomic mass is 16.1. The molecule has 2 bridgehead atoms. The van der Waals surface area contributed by atoms with Gasteiger partial charge >= 0.3 is 0 Å². The van der Waals surface area contributed by atoms with Crippen molar-refractivity contribution in [3.05, 3.63) is 12.2 Å². The molecule has 0 saturated heterocycles. The molecule has 0 heterocycles. The van der Waals surface area contributed by atoms with Crippen LogP contribution in [0.3, 0.4) is 0 Å². The Balaban J connectivity index is 2.24. The van der Waals surface area contributed by atoms with E-state index in [-0.39, 0.29) is 5.92 Å². The summed E-state index contributed by atoms with van der Waals surface area (Å²) in [7, 11) is 0. The average molecular weight is 136 g/mol. The average Bonchev–Trinajstić information content (AvgIpc) is 2.29. The van der Waals surface area contributed by atoms with Crippen LogP contribution in [0.5, 0.6) is 0 Å². The van der Waals surface area contributed by atoms with Gasteiger partial charge in [0, 0.05) is 11.8 Å². The molecule has 2 rings (SSSR count). The maximum atomic E-state index is 11.3. The van der Waals surface area contributed by atoms with Crippen molar-refractivity contribution in [2.24, 2.45) is 17.8 Å². The molecule has 0 N–H and O–H groups in total. The van der Waals surface area contributed by atoms with Crippen LogP contribution in [0.1, 0.15) is 19.8 Å². The maximum Gasteiger partial charge on any atom is 0.142 e. The first-order valence-corrected chi connectivity index (χ1v) is 3.99. The van der Waals surface area contributed by atoms with Crippen LogP contribution in [-0.2, 0) is 4.79 Å². The third kappa shape index (κ3) is 0.731. The largest absolute Gasteiger partial charge is 0.299 e. The van der Waals surface area contributed by atoms with Crippen molar-refractivity contribution >= 4 is 5.78 Å². The summed E-state index contributed by atoms with van der Waals surface area (Å²) in [4.78, 5) is 11.3. The SMILES string of the molecule is CC1CC2C=CC(C2)C1=O. The van der Waals surface area contributed by atoms with E-state index >= 15 is 0 Å². The molecular formula is C9H12O. The third-order valence-corrected chi connectivity index (χ3v) is 2.68. The Morgan fingerprint density at radius 2 is 2.20 bits per heavy atom. The molecule has 0 spiro atoms. The van der Waals surface area contributed by atoms with Gasteiger partial charge in [-0.1, -0.05) is 19.1 Å². The van der Waals surface area contributed by atoms with Crippen LogP contribution in [0.2, 0.25) is 0 Å². The number of hydrogen-bond donors (Lipinski definition) is 0. The van der Waals surface area contributed by atoms with Gasteiger partial charge in [-0.2, -0.15) is 0 Å². The standard InChI is InChI=1S/C9H12O/c1-6-4-7-2-3-8(5-7)9(6)10/h2-3,6-8H,4-5H2,1H3. The molecule has 0 amide bonds. The molecule has 1 heteroatoms. The molecule has 10 heavy (non-hydrogen) atoms. The summed E-state index contributed by atoms with van der Waals surface area (Å²) in [6, 6.07) is 0. The second kappa shape index (κ2) is 1.94. The first-order valence-electron chi connectivity index (χ1n) is 3.99. The Labute approximate surface area is 61.1 Å². The molecule has 2 aliphatic rings. The van der Waals surface area contributed by atoms with Gasteiger partial charge < -0.3 is 0 Å². The lowest BCUT2D eigenvalue weighted by atomic mass is 9.80. The predicted molar refractivity (Wildman–Crippen MR) is 39.5 cm³/mol. The highest BCUT2D eigenvalue weighted by molar-refractivity contribution is 5.86. The maximum absolute atomic E-state index is 11.3. The predicted octanol–water partition coefficient (Wildman–Crippen LogP) is 1.79. The van der Waals surface area contributed by atoms with Gasteiger partial charge in [0.2, 0.25) is 0 Å². The highest BCUT2D eigenvalue weighted by Crippen LogP contribution is 2.36. The second-order valence-electron chi connectivity index (χ2n) is 3.53. The van der Waals surface area contributed by atoms with E-state index in [0.717, 1.165) is 18.8 Å². The van der Waals surface area contributed by atoms with Crippen molar-refractivity contribution < 1.29 is 4.79 Å². The summed E-state index contributed by atoms with van der Waals surface area (Å²) in [5.74, 6) is 1.79. The fraction of sp³-hybridized carbons (Fsp3) is 0.667. The zero-order chi connectivity index (χ0) is 7.14. The minimum Gasteiger partial charge on any atom is -0.299 e. The van der Waals surface area contributed by atoms with Crippen molar-refractivity contribution in [2.45, 2.75) is 19.8 Å². The van der Waals surface area contributed by atoms with Crippen molar-refractivity contribution in [3.63, 3.8) is 0 Å². The lowest BCUT2D eigenvalue weighted by Gasteiger charge is -2.23. The molecule has 2 aliphatic carbocycles. The highest BCUT2D eigenvalue weighted by Gasteiger charge is 2.34. The summed E-state index contributed by atoms with van der Waals surface area (Å²) in [5, 5.41) is 0. The lowest BCUT2D eigenvalue weighted by molar-refractivity contribution is -0.127. The number of ketones is 1. The molecule has 54 valence electrons. The molecule has 0 aromatic rings. The molecule has 0 aromatic heterocycles. The zero-order valence-corrected chi connectivity index (χ0v) is 6.21. The number of carbonyl (C=O) groups excluding carboxylic acids is 1. The summed E-state index contributed by atoms with van der Waals surface area (Å²) in [5.41, 5.74) is 0. The van der Waals surface area contributed by atoms with Crippen LogP contribution in [0.25, 0.3) is 0 Å². The number of hydrogen-bond acceptors (Lipinski definition) is 1. The number of fused-ring (bicyclic) bond motifs is 2. The summed E-state index contributed by atoms with van der Waals surface area (Å²) in [6.07, 6.45) is 6.50. The smallest absolute Gasteiger partial charge is 0.142 e. The first kappa shape index (κ1) is 6.14. The number of Topliss-reactive ketones (excluding diaryl/α,β-unsaturated/α-hetero) is 1. The first-order chi connectivity index (χ1) is 4.77. The quantitative estimate of drug-likeness (QED) is 0.464. The van der Waals surface area contributed by atoms with Gasteiger partial charge in [-0.25, -0.2) is 0 Å². The number of rotatable bonds is 0. The summed E-state index contributed by atoms with van der Waals surface area (Å²) >= 11 is 0. The summed E-state index contributed by atoms with van der Waals surface area (Å²) < 4.78 is 0. The normalized spacial score (nSPS) is 44.5. The van der Waals surface area contributed by atoms with Gasteiger partial charge in [0.05, 0.1) is 0 Å². The Kier molecular flexibility index (Phi) is 1.19. The van der Waals surface area contributed by atoms with Crippen LogP contribution in [0.15, 0.2) is 12.2 Å². The van der Waals surface area contributed by atoms with Gasteiger partial charge in [-0.05, 0) is 18.8 Å². The minimum absolute atomic E-state index is 0.286. The monoisotopic (exact) mass is 136 g/mol. The van der Waals surface area contributed by atoms with Crippen LogP contribution in [0.4, 0.5) is 0 Å². The molecule has 0 aliphatic heterocycles. The number of carbonyl (C=O) groups is 1. The van der Waals surface area contributed by atoms with E-state index in [1.807, 2.05) is 0 Å². The Bertz CT molecular complexity index is 193. The lowest BCUT2D eigenvalue weighted by Crippen LogP contribution is -2.25. The van der Waals surface area contributed by atoms with E-state index in [0.29, 0.717) is 11.7 Å². The van der Waals surface area contributed by atoms with Gasteiger partial charge in [-0.15, -0.1) is 0 Å². The van der Waals surface area contributed by atoms with Crippen molar-refractivity contribution in [3.8, 4) is 0 Å². The Morgan fingerprint density at radius 1 is 1.40 bits per heavy atom. The van der Waals surface area contributed by atoms with Crippen molar-refractivity contribution in [2.75, 3.05) is 0 Å². The van der Waals surface area contributed by atoms with E-state index in [1.54, 1.807) is 0 Å². The molecule has 0 radical (unpaired) electrons. The van der Waals surface area contributed by atoms with Gasteiger partial charge in [-0.3, -0.25) is 4.79 Å².